The SMILES string of the molecule is O=Cc1ccc2[nH]cc(CCN3CCN(c4nccc5[nH]ccc45)CC3)c2c1. The van der Waals surface area contributed by atoms with Crippen molar-refractivity contribution in [2.45, 2.75) is 6.42 Å². The first-order valence-corrected chi connectivity index (χ1v) is 9.76. The number of H-pyrrole nitrogens is 2. The second-order valence-corrected chi connectivity index (χ2v) is 7.39. The largest absolute Gasteiger partial charge is 0.361 e. The predicted octanol–water partition coefficient (Wildman–Crippen LogP) is 3.22. The highest BCUT2D eigenvalue weighted by atomic mass is 16.1. The van der Waals surface area contributed by atoms with E-state index in [0.29, 0.717) is 0 Å². The molecule has 6 nitrogen and oxygen atoms in total. The van der Waals surface area contributed by atoms with E-state index in [0.717, 1.165) is 73.2 Å². The Kier molecular flexibility index (Phi) is 4.33. The van der Waals surface area contributed by atoms with Gasteiger partial charge in [-0.25, -0.2) is 4.98 Å². The predicted molar refractivity (Wildman–Crippen MR) is 112 cm³/mol. The van der Waals surface area contributed by atoms with Crippen molar-refractivity contribution in [3.8, 4) is 0 Å². The van der Waals surface area contributed by atoms with E-state index >= 15 is 0 Å². The smallest absolute Gasteiger partial charge is 0.150 e. The monoisotopic (exact) mass is 373 g/mol. The molecule has 6 heteroatoms. The standard InChI is InChI=1S/C22H23N5O/c28-15-16-1-2-20-19(13-16)17(14-25-20)5-8-26-9-11-27(12-10-26)22-18-3-6-23-21(18)4-7-24-22/h1-4,6-7,13-15,23,25H,5,8-12H2. The van der Waals surface area contributed by atoms with Gasteiger partial charge in [-0.3, -0.25) is 9.69 Å². The molecule has 0 aliphatic carbocycles. The Hall–Kier alpha value is -3.12. The van der Waals surface area contributed by atoms with Crippen molar-refractivity contribution in [2.24, 2.45) is 0 Å². The van der Waals surface area contributed by atoms with Crippen LogP contribution in [0.5, 0.6) is 0 Å². The zero-order valence-electron chi connectivity index (χ0n) is 15.7. The Labute approximate surface area is 163 Å². The number of nitrogens with one attached hydrogen (secondary N) is 2. The highest BCUT2D eigenvalue weighted by Crippen LogP contribution is 2.25. The second kappa shape index (κ2) is 7.13. The molecule has 0 spiro atoms. The van der Waals surface area contributed by atoms with Crippen LogP contribution in [0.3, 0.4) is 0 Å². The van der Waals surface area contributed by atoms with E-state index in [1.165, 1.54) is 10.9 Å². The molecule has 4 heterocycles. The molecule has 0 radical (unpaired) electrons. The average Bonchev–Trinajstić information content (AvgIpc) is 3.39. The number of pyridine rings is 1. The van der Waals surface area contributed by atoms with Gasteiger partial charge in [-0.2, -0.15) is 0 Å². The number of carbonyl (C=O) groups is 1. The Morgan fingerprint density at radius 2 is 1.86 bits per heavy atom. The summed E-state index contributed by atoms with van der Waals surface area (Å²) >= 11 is 0. The lowest BCUT2D eigenvalue weighted by molar-refractivity contribution is 0.112. The second-order valence-electron chi connectivity index (χ2n) is 7.39. The van der Waals surface area contributed by atoms with Crippen molar-refractivity contribution >= 4 is 33.9 Å². The molecule has 1 aliphatic rings. The molecule has 0 amide bonds. The van der Waals surface area contributed by atoms with Crippen molar-refractivity contribution in [1.82, 2.24) is 19.9 Å². The molecule has 1 fully saturated rings. The zero-order valence-corrected chi connectivity index (χ0v) is 15.7. The average molecular weight is 373 g/mol. The normalized spacial score (nSPS) is 15.5. The molecule has 3 aromatic heterocycles. The summed E-state index contributed by atoms with van der Waals surface area (Å²) in [5.74, 6) is 1.08. The number of hydrogen-bond donors (Lipinski definition) is 2. The number of aromatic amines is 2. The van der Waals surface area contributed by atoms with E-state index < -0.39 is 0 Å². The van der Waals surface area contributed by atoms with Crippen molar-refractivity contribution in [3.05, 3.63) is 60.0 Å². The molecule has 1 aliphatic heterocycles. The molecule has 5 rings (SSSR count). The molecule has 4 aromatic rings. The van der Waals surface area contributed by atoms with E-state index in [9.17, 15) is 4.79 Å². The van der Waals surface area contributed by atoms with Gasteiger partial charge in [0.1, 0.15) is 12.1 Å². The fraction of sp³-hybridized carbons (Fsp3) is 0.273. The minimum absolute atomic E-state index is 0.730. The number of piperazine rings is 1. The van der Waals surface area contributed by atoms with Crippen LogP contribution in [0.2, 0.25) is 0 Å². The van der Waals surface area contributed by atoms with Crippen molar-refractivity contribution in [3.63, 3.8) is 0 Å². The maximum atomic E-state index is 11.1. The molecule has 0 atom stereocenters. The van der Waals surface area contributed by atoms with Gasteiger partial charge in [-0.05, 0) is 42.3 Å². The quantitative estimate of drug-likeness (QED) is 0.527. The van der Waals surface area contributed by atoms with E-state index in [4.69, 9.17) is 0 Å². The molecular formula is C22H23N5O. The van der Waals surface area contributed by atoms with Crippen LogP contribution < -0.4 is 4.90 Å². The van der Waals surface area contributed by atoms with E-state index in [2.05, 4.69) is 37.0 Å². The molecule has 0 bridgehead atoms. The fourth-order valence-electron chi connectivity index (χ4n) is 4.16. The first-order chi connectivity index (χ1) is 13.8. The number of rotatable bonds is 5. The van der Waals surface area contributed by atoms with Gasteiger partial charge < -0.3 is 14.9 Å². The minimum Gasteiger partial charge on any atom is -0.361 e. The van der Waals surface area contributed by atoms with Gasteiger partial charge in [-0.15, -0.1) is 0 Å². The van der Waals surface area contributed by atoms with E-state index in [1.807, 2.05) is 36.7 Å². The van der Waals surface area contributed by atoms with Crippen molar-refractivity contribution in [2.75, 3.05) is 37.6 Å². The van der Waals surface area contributed by atoms with Gasteiger partial charge in [-0.1, -0.05) is 0 Å². The van der Waals surface area contributed by atoms with Gasteiger partial charge in [0.25, 0.3) is 0 Å². The molecule has 2 N–H and O–H groups in total. The summed E-state index contributed by atoms with van der Waals surface area (Å²) in [4.78, 5) is 27.2. The van der Waals surface area contributed by atoms with Crippen LogP contribution in [0, 0.1) is 0 Å². The molecule has 28 heavy (non-hydrogen) atoms. The summed E-state index contributed by atoms with van der Waals surface area (Å²) in [7, 11) is 0. The van der Waals surface area contributed by atoms with E-state index in [1.54, 1.807) is 0 Å². The molecule has 0 unspecified atom stereocenters. The number of aromatic nitrogens is 3. The zero-order chi connectivity index (χ0) is 18.9. The first-order valence-electron chi connectivity index (χ1n) is 9.76. The van der Waals surface area contributed by atoms with E-state index in [-0.39, 0.29) is 0 Å². The maximum Gasteiger partial charge on any atom is 0.150 e. The highest BCUT2D eigenvalue weighted by molar-refractivity contribution is 5.90. The summed E-state index contributed by atoms with van der Waals surface area (Å²) in [5, 5.41) is 2.35. The Bertz CT molecular complexity index is 1120. The minimum atomic E-state index is 0.730. The number of aldehydes is 1. The van der Waals surface area contributed by atoms with Crippen LogP contribution in [0.1, 0.15) is 15.9 Å². The van der Waals surface area contributed by atoms with Crippen LogP contribution in [0.4, 0.5) is 5.82 Å². The fourth-order valence-corrected chi connectivity index (χ4v) is 4.16. The lowest BCUT2D eigenvalue weighted by atomic mass is 10.1. The third-order valence-corrected chi connectivity index (χ3v) is 5.75. The van der Waals surface area contributed by atoms with Crippen LogP contribution >= 0.6 is 0 Å². The molecule has 1 saturated heterocycles. The molecule has 142 valence electrons. The summed E-state index contributed by atoms with van der Waals surface area (Å²) in [6.45, 7) is 5.06. The van der Waals surface area contributed by atoms with Gasteiger partial charge in [0.05, 0.1) is 5.52 Å². The number of benzene rings is 1. The number of carbonyl (C=O) groups excluding carboxylic acids is 1. The lowest BCUT2D eigenvalue weighted by Crippen LogP contribution is -2.47. The molecule has 0 saturated carbocycles. The summed E-state index contributed by atoms with van der Waals surface area (Å²) < 4.78 is 0. The Morgan fingerprint density at radius 1 is 1.00 bits per heavy atom. The van der Waals surface area contributed by atoms with Crippen LogP contribution in [0.25, 0.3) is 21.8 Å². The number of nitrogens with zero attached hydrogens (tertiary/aromatic N) is 3. The van der Waals surface area contributed by atoms with Gasteiger partial charge >= 0.3 is 0 Å². The maximum absolute atomic E-state index is 11.1. The first kappa shape index (κ1) is 17.0. The van der Waals surface area contributed by atoms with Crippen molar-refractivity contribution in [1.29, 1.82) is 0 Å². The Balaban J connectivity index is 1.23. The van der Waals surface area contributed by atoms with Crippen LogP contribution in [0.15, 0.2) is 48.9 Å². The third-order valence-electron chi connectivity index (χ3n) is 5.75. The third kappa shape index (κ3) is 3.05. The summed E-state index contributed by atoms with van der Waals surface area (Å²) in [5.41, 5.74) is 4.24. The molecular weight excluding hydrogens is 350 g/mol. The van der Waals surface area contributed by atoms with Gasteiger partial charge in [0.2, 0.25) is 0 Å². The number of hydrogen-bond acceptors (Lipinski definition) is 4. The van der Waals surface area contributed by atoms with Crippen LogP contribution in [-0.4, -0.2) is 58.9 Å². The molecule has 1 aromatic carbocycles. The number of anilines is 1. The van der Waals surface area contributed by atoms with Gasteiger partial charge in [0.15, 0.2) is 0 Å². The van der Waals surface area contributed by atoms with Crippen LogP contribution in [-0.2, 0) is 6.42 Å². The number of fused-ring (bicyclic) bond motifs is 2. The summed E-state index contributed by atoms with van der Waals surface area (Å²) in [6, 6.07) is 9.94. The Morgan fingerprint density at radius 3 is 2.71 bits per heavy atom. The summed E-state index contributed by atoms with van der Waals surface area (Å²) in [6.07, 6.45) is 7.82. The topological polar surface area (TPSA) is 68.0 Å². The lowest BCUT2D eigenvalue weighted by Gasteiger charge is -2.35. The van der Waals surface area contributed by atoms with Gasteiger partial charge in [0, 0.05) is 73.2 Å². The van der Waals surface area contributed by atoms with Crippen molar-refractivity contribution < 1.29 is 4.79 Å². The highest BCUT2D eigenvalue weighted by Gasteiger charge is 2.20.